The van der Waals surface area contributed by atoms with Crippen LogP contribution in [0.4, 0.5) is 22.1 Å². The SMILES string of the molecule is CCc1ccc(NC(=O)Nc2cnc(N3CCC(C)CC3)nc2)cc1. The van der Waals surface area contributed by atoms with E-state index in [1.807, 2.05) is 24.3 Å². The molecule has 1 saturated heterocycles. The first-order chi connectivity index (χ1) is 12.1. The van der Waals surface area contributed by atoms with Crippen LogP contribution in [0, 0.1) is 5.92 Å². The number of hydrogen-bond acceptors (Lipinski definition) is 4. The maximum atomic E-state index is 12.1. The van der Waals surface area contributed by atoms with Crippen molar-refractivity contribution < 1.29 is 4.79 Å². The second-order valence-corrected chi connectivity index (χ2v) is 6.57. The van der Waals surface area contributed by atoms with Crippen LogP contribution in [0.3, 0.4) is 0 Å². The molecule has 2 amide bonds. The van der Waals surface area contributed by atoms with Gasteiger partial charge in [-0.05, 0) is 42.9 Å². The highest BCUT2D eigenvalue weighted by Crippen LogP contribution is 2.20. The van der Waals surface area contributed by atoms with Crippen LogP contribution in [0.1, 0.15) is 32.3 Å². The van der Waals surface area contributed by atoms with Crippen molar-refractivity contribution in [2.24, 2.45) is 5.92 Å². The topological polar surface area (TPSA) is 70.2 Å². The Morgan fingerprint density at radius 2 is 1.68 bits per heavy atom. The molecule has 1 aromatic heterocycles. The molecule has 0 unspecified atom stereocenters. The van der Waals surface area contributed by atoms with Crippen molar-refractivity contribution in [1.82, 2.24) is 9.97 Å². The molecule has 1 aromatic carbocycles. The Morgan fingerprint density at radius 3 is 2.28 bits per heavy atom. The highest BCUT2D eigenvalue weighted by molar-refractivity contribution is 5.99. The lowest BCUT2D eigenvalue weighted by Crippen LogP contribution is -2.34. The van der Waals surface area contributed by atoms with Gasteiger partial charge in [-0.3, -0.25) is 0 Å². The lowest BCUT2D eigenvalue weighted by atomic mass is 10.00. The zero-order chi connectivity index (χ0) is 17.6. The molecule has 25 heavy (non-hydrogen) atoms. The lowest BCUT2D eigenvalue weighted by molar-refractivity contribution is 0.262. The minimum Gasteiger partial charge on any atom is -0.341 e. The first-order valence-electron chi connectivity index (χ1n) is 8.88. The van der Waals surface area contributed by atoms with Gasteiger partial charge in [0.25, 0.3) is 0 Å². The number of nitrogens with zero attached hydrogens (tertiary/aromatic N) is 3. The summed E-state index contributed by atoms with van der Waals surface area (Å²) in [5, 5.41) is 5.57. The molecule has 1 fully saturated rings. The molecule has 132 valence electrons. The van der Waals surface area contributed by atoms with Gasteiger partial charge in [-0.2, -0.15) is 0 Å². The average molecular weight is 339 g/mol. The summed E-state index contributed by atoms with van der Waals surface area (Å²) in [4.78, 5) is 23.0. The van der Waals surface area contributed by atoms with Crippen LogP contribution in [0.5, 0.6) is 0 Å². The van der Waals surface area contributed by atoms with E-state index in [-0.39, 0.29) is 6.03 Å². The molecule has 3 rings (SSSR count). The maximum Gasteiger partial charge on any atom is 0.323 e. The van der Waals surface area contributed by atoms with Crippen molar-refractivity contribution in [3.63, 3.8) is 0 Å². The predicted molar refractivity (Wildman–Crippen MR) is 101 cm³/mol. The van der Waals surface area contributed by atoms with Gasteiger partial charge in [0.2, 0.25) is 5.95 Å². The molecule has 0 saturated carbocycles. The molecule has 6 nitrogen and oxygen atoms in total. The smallest absolute Gasteiger partial charge is 0.323 e. The Balaban J connectivity index is 1.54. The van der Waals surface area contributed by atoms with Crippen molar-refractivity contribution in [3.8, 4) is 0 Å². The Kier molecular flexibility index (Phi) is 5.48. The quantitative estimate of drug-likeness (QED) is 0.886. The van der Waals surface area contributed by atoms with Crippen LogP contribution >= 0.6 is 0 Å². The van der Waals surface area contributed by atoms with Crippen LogP contribution in [-0.2, 0) is 6.42 Å². The van der Waals surface area contributed by atoms with Crippen LogP contribution < -0.4 is 15.5 Å². The van der Waals surface area contributed by atoms with E-state index in [0.29, 0.717) is 5.69 Å². The average Bonchev–Trinajstić information content (AvgIpc) is 2.64. The number of rotatable bonds is 4. The number of hydrogen-bond donors (Lipinski definition) is 2. The number of carbonyl (C=O) groups is 1. The monoisotopic (exact) mass is 339 g/mol. The summed E-state index contributed by atoms with van der Waals surface area (Å²) in [5.41, 5.74) is 2.58. The number of carbonyl (C=O) groups excluding carboxylic acids is 1. The number of anilines is 3. The van der Waals surface area contributed by atoms with Gasteiger partial charge in [0.1, 0.15) is 0 Å². The minimum atomic E-state index is -0.299. The normalized spacial score (nSPS) is 15.0. The highest BCUT2D eigenvalue weighted by atomic mass is 16.2. The summed E-state index contributed by atoms with van der Waals surface area (Å²) < 4.78 is 0. The number of nitrogens with one attached hydrogen (secondary N) is 2. The first-order valence-corrected chi connectivity index (χ1v) is 8.88. The Morgan fingerprint density at radius 1 is 1.08 bits per heavy atom. The molecule has 0 atom stereocenters. The molecule has 6 heteroatoms. The molecule has 0 spiro atoms. The zero-order valence-electron chi connectivity index (χ0n) is 14.8. The molecule has 2 aromatic rings. The fraction of sp³-hybridized carbons (Fsp3) is 0.421. The molecule has 0 aliphatic carbocycles. The second-order valence-electron chi connectivity index (χ2n) is 6.57. The number of amides is 2. The number of piperidine rings is 1. The summed E-state index contributed by atoms with van der Waals surface area (Å²) in [7, 11) is 0. The van der Waals surface area contributed by atoms with Crippen LogP contribution in [0.2, 0.25) is 0 Å². The van der Waals surface area contributed by atoms with Gasteiger partial charge in [-0.15, -0.1) is 0 Å². The van der Waals surface area contributed by atoms with Crippen molar-refractivity contribution in [1.29, 1.82) is 0 Å². The molecule has 2 N–H and O–H groups in total. The largest absolute Gasteiger partial charge is 0.341 e. The molecule has 0 radical (unpaired) electrons. The Hall–Kier alpha value is -2.63. The van der Waals surface area contributed by atoms with Crippen LogP contribution in [-0.4, -0.2) is 29.1 Å². The third-order valence-electron chi connectivity index (χ3n) is 4.58. The molecule has 2 heterocycles. The molecule has 1 aliphatic heterocycles. The van der Waals surface area contributed by atoms with E-state index in [0.717, 1.165) is 37.1 Å². The molecule has 0 bridgehead atoms. The Labute approximate surface area is 148 Å². The predicted octanol–water partition coefficient (Wildman–Crippen LogP) is 3.92. The number of aryl methyl sites for hydroxylation is 1. The van der Waals surface area contributed by atoms with Gasteiger partial charge >= 0.3 is 6.03 Å². The first kappa shape index (κ1) is 17.2. The summed E-state index contributed by atoms with van der Waals surface area (Å²) >= 11 is 0. The molecular weight excluding hydrogens is 314 g/mol. The van der Waals surface area contributed by atoms with Crippen molar-refractivity contribution >= 4 is 23.4 Å². The van der Waals surface area contributed by atoms with Crippen molar-refractivity contribution in [2.45, 2.75) is 33.1 Å². The lowest BCUT2D eigenvalue weighted by Gasteiger charge is -2.30. The summed E-state index contributed by atoms with van der Waals surface area (Å²) in [6.07, 6.45) is 6.62. The van der Waals surface area contributed by atoms with Crippen LogP contribution in [0.25, 0.3) is 0 Å². The van der Waals surface area contributed by atoms with Gasteiger partial charge in [0.05, 0.1) is 18.1 Å². The minimum absolute atomic E-state index is 0.299. The van der Waals surface area contributed by atoms with E-state index < -0.39 is 0 Å². The third-order valence-corrected chi connectivity index (χ3v) is 4.58. The van der Waals surface area contributed by atoms with Gasteiger partial charge in [-0.1, -0.05) is 26.0 Å². The fourth-order valence-electron chi connectivity index (χ4n) is 2.87. The number of aromatic nitrogens is 2. The summed E-state index contributed by atoms with van der Waals surface area (Å²) in [6.45, 7) is 6.35. The highest BCUT2D eigenvalue weighted by Gasteiger charge is 2.17. The third kappa shape index (κ3) is 4.68. The molecule has 1 aliphatic rings. The standard InChI is InChI=1S/C19H25N5O/c1-3-15-4-6-16(7-5-15)22-19(25)23-17-12-20-18(21-13-17)24-10-8-14(2)9-11-24/h4-7,12-14H,3,8-11H2,1-2H3,(H2,22,23,25). The summed E-state index contributed by atoms with van der Waals surface area (Å²) in [5.74, 6) is 1.50. The number of urea groups is 1. The fourth-order valence-corrected chi connectivity index (χ4v) is 2.87. The van der Waals surface area contributed by atoms with Gasteiger partial charge in [-0.25, -0.2) is 14.8 Å². The van der Waals surface area contributed by atoms with Crippen molar-refractivity contribution in [3.05, 3.63) is 42.2 Å². The van der Waals surface area contributed by atoms with Crippen LogP contribution in [0.15, 0.2) is 36.7 Å². The van der Waals surface area contributed by atoms with E-state index >= 15 is 0 Å². The van der Waals surface area contributed by atoms with E-state index in [9.17, 15) is 4.79 Å². The van der Waals surface area contributed by atoms with E-state index in [1.165, 1.54) is 18.4 Å². The summed E-state index contributed by atoms with van der Waals surface area (Å²) in [6, 6.07) is 7.51. The van der Waals surface area contributed by atoms with Gasteiger partial charge in [0, 0.05) is 18.8 Å². The second kappa shape index (κ2) is 7.96. The van der Waals surface area contributed by atoms with Gasteiger partial charge in [0.15, 0.2) is 0 Å². The van der Waals surface area contributed by atoms with Gasteiger partial charge < -0.3 is 15.5 Å². The van der Waals surface area contributed by atoms with Crippen molar-refractivity contribution in [2.75, 3.05) is 28.6 Å². The molecular formula is C19H25N5O. The maximum absolute atomic E-state index is 12.1. The van der Waals surface area contributed by atoms with E-state index in [2.05, 4.69) is 39.3 Å². The van der Waals surface area contributed by atoms with E-state index in [4.69, 9.17) is 0 Å². The van der Waals surface area contributed by atoms with E-state index in [1.54, 1.807) is 12.4 Å². The zero-order valence-corrected chi connectivity index (χ0v) is 14.8. The number of benzene rings is 1. The Bertz CT molecular complexity index is 691.